The highest BCUT2D eigenvalue weighted by Crippen LogP contribution is 2.22. The van der Waals surface area contributed by atoms with Crippen LogP contribution in [-0.2, 0) is 10.0 Å². The summed E-state index contributed by atoms with van der Waals surface area (Å²) >= 11 is 0. The number of nitrogens with zero attached hydrogens (tertiary/aromatic N) is 3. The van der Waals surface area contributed by atoms with Crippen LogP contribution >= 0.6 is 0 Å². The predicted molar refractivity (Wildman–Crippen MR) is 96.5 cm³/mol. The van der Waals surface area contributed by atoms with Crippen LogP contribution in [0.4, 0.5) is 11.4 Å². The van der Waals surface area contributed by atoms with E-state index in [2.05, 4.69) is 4.98 Å². The van der Waals surface area contributed by atoms with E-state index in [0.29, 0.717) is 13.1 Å². The molecule has 1 aliphatic heterocycles. The molecule has 0 amide bonds. The Morgan fingerprint density at radius 1 is 1.04 bits per heavy atom. The lowest BCUT2D eigenvalue weighted by Crippen LogP contribution is -2.50. The molecule has 0 atom stereocenters. The minimum Gasteiger partial charge on any atom is -0.369 e. The first kappa shape index (κ1) is 18.8. The summed E-state index contributed by atoms with van der Waals surface area (Å²) in [5.74, 6) is 0. The number of aromatic amines is 2. The van der Waals surface area contributed by atoms with Gasteiger partial charge in [0, 0.05) is 49.7 Å². The first-order valence-corrected chi connectivity index (χ1v) is 9.47. The Kier molecular flexibility index (Phi) is 4.85. The number of nitrogens with one attached hydrogen (secondary N) is 2. The van der Waals surface area contributed by atoms with Gasteiger partial charge >= 0.3 is 5.69 Å². The van der Waals surface area contributed by atoms with Crippen molar-refractivity contribution in [1.82, 2.24) is 14.3 Å². The van der Waals surface area contributed by atoms with Crippen LogP contribution in [0.25, 0.3) is 0 Å². The van der Waals surface area contributed by atoms with E-state index in [1.807, 2.05) is 9.88 Å². The van der Waals surface area contributed by atoms with Gasteiger partial charge in [0.2, 0.25) is 10.0 Å². The van der Waals surface area contributed by atoms with Gasteiger partial charge in [0.15, 0.2) is 4.90 Å². The van der Waals surface area contributed by atoms with E-state index in [1.54, 1.807) is 12.1 Å². The Balaban J connectivity index is 1.78. The Morgan fingerprint density at radius 2 is 1.63 bits per heavy atom. The van der Waals surface area contributed by atoms with Gasteiger partial charge < -0.3 is 9.88 Å². The average molecular weight is 395 g/mol. The second-order valence-electron chi connectivity index (χ2n) is 6.03. The topological polar surface area (TPSA) is 149 Å². The highest BCUT2D eigenvalue weighted by atomic mass is 32.2. The number of nitro groups is 1. The summed E-state index contributed by atoms with van der Waals surface area (Å²) < 4.78 is 26.8. The summed E-state index contributed by atoms with van der Waals surface area (Å²) in [6.45, 7) is 2.35. The van der Waals surface area contributed by atoms with Gasteiger partial charge in [-0.2, -0.15) is 4.31 Å². The van der Waals surface area contributed by atoms with Crippen molar-refractivity contribution < 1.29 is 13.3 Å². The molecule has 2 aromatic rings. The number of non-ortho nitro benzene ring substituents is 1. The molecule has 0 spiro atoms. The molecule has 0 unspecified atom stereocenters. The van der Waals surface area contributed by atoms with Crippen LogP contribution in [0.15, 0.2) is 38.8 Å². The van der Waals surface area contributed by atoms with Crippen molar-refractivity contribution in [2.75, 3.05) is 31.1 Å². The number of aryl methyl sites for hydroxylation is 1. The molecule has 0 radical (unpaired) electrons. The lowest BCUT2D eigenvalue weighted by atomic mass is 10.2. The summed E-state index contributed by atoms with van der Waals surface area (Å²) in [6.07, 6.45) is 0. The smallest absolute Gasteiger partial charge is 0.325 e. The third kappa shape index (κ3) is 3.61. The Morgan fingerprint density at radius 3 is 2.15 bits per heavy atom. The Bertz CT molecular complexity index is 1080. The summed E-state index contributed by atoms with van der Waals surface area (Å²) in [5, 5.41) is 10.7. The summed E-state index contributed by atoms with van der Waals surface area (Å²) in [5.41, 5.74) is -1.00. The molecule has 27 heavy (non-hydrogen) atoms. The number of benzene rings is 1. The third-order valence-electron chi connectivity index (χ3n) is 4.34. The number of hydrogen-bond acceptors (Lipinski definition) is 7. The molecule has 1 aliphatic rings. The van der Waals surface area contributed by atoms with Gasteiger partial charge in [0.25, 0.3) is 11.2 Å². The number of sulfonamides is 1. The quantitative estimate of drug-likeness (QED) is 0.537. The molecule has 2 N–H and O–H groups in total. The number of aromatic nitrogens is 2. The van der Waals surface area contributed by atoms with Gasteiger partial charge in [0.05, 0.1) is 4.92 Å². The largest absolute Gasteiger partial charge is 0.369 e. The van der Waals surface area contributed by atoms with E-state index in [4.69, 9.17) is 0 Å². The van der Waals surface area contributed by atoms with Crippen LogP contribution < -0.4 is 16.1 Å². The van der Waals surface area contributed by atoms with Gasteiger partial charge in [0.1, 0.15) is 0 Å². The van der Waals surface area contributed by atoms with Crippen molar-refractivity contribution in [1.29, 1.82) is 0 Å². The van der Waals surface area contributed by atoms with Crippen molar-refractivity contribution in [3.63, 3.8) is 0 Å². The summed E-state index contributed by atoms with van der Waals surface area (Å²) in [4.78, 5) is 39.1. The number of hydrogen-bond donors (Lipinski definition) is 2. The third-order valence-corrected chi connectivity index (χ3v) is 6.39. The molecular weight excluding hydrogens is 378 g/mol. The molecule has 0 bridgehead atoms. The fourth-order valence-corrected chi connectivity index (χ4v) is 4.63. The van der Waals surface area contributed by atoms with E-state index in [1.165, 1.54) is 23.4 Å². The zero-order chi connectivity index (χ0) is 19.8. The molecule has 1 aromatic carbocycles. The van der Waals surface area contributed by atoms with E-state index in [-0.39, 0.29) is 24.5 Å². The Labute approximate surface area is 153 Å². The van der Waals surface area contributed by atoms with Gasteiger partial charge in [-0.05, 0) is 19.1 Å². The summed E-state index contributed by atoms with van der Waals surface area (Å²) in [7, 11) is -4.06. The Hall–Kier alpha value is -2.99. The molecule has 0 aliphatic carbocycles. The standard InChI is InChI=1S/C15H17N5O6S/c1-10-13(14(21)17-15(22)16-10)27(25,26)19-8-6-18(7-9-19)11-2-4-12(5-3-11)20(23)24/h2-5H,6-9H2,1H3,(H2,16,17,21,22). The van der Waals surface area contributed by atoms with Crippen LogP contribution in [0, 0.1) is 17.0 Å². The number of H-pyrrole nitrogens is 2. The van der Waals surface area contributed by atoms with E-state index in [9.17, 15) is 28.1 Å². The van der Waals surface area contributed by atoms with Crippen LogP contribution in [0.5, 0.6) is 0 Å². The zero-order valence-electron chi connectivity index (χ0n) is 14.3. The maximum atomic E-state index is 12.8. The second kappa shape index (κ2) is 6.96. The minimum atomic E-state index is -4.06. The number of anilines is 1. The first-order chi connectivity index (χ1) is 12.7. The molecule has 12 heteroatoms. The lowest BCUT2D eigenvalue weighted by Gasteiger charge is -2.35. The monoisotopic (exact) mass is 395 g/mol. The maximum Gasteiger partial charge on any atom is 0.325 e. The van der Waals surface area contributed by atoms with Crippen molar-refractivity contribution >= 4 is 21.4 Å². The molecule has 1 saturated heterocycles. The molecule has 0 saturated carbocycles. The van der Waals surface area contributed by atoms with Crippen molar-refractivity contribution in [3.8, 4) is 0 Å². The highest BCUT2D eigenvalue weighted by molar-refractivity contribution is 7.89. The first-order valence-electron chi connectivity index (χ1n) is 8.03. The second-order valence-corrected chi connectivity index (χ2v) is 7.90. The van der Waals surface area contributed by atoms with Crippen molar-refractivity contribution in [2.24, 2.45) is 0 Å². The molecule has 11 nitrogen and oxygen atoms in total. The molecule has 2 heterocycles. The van der Waals surface area contributed by atoms with E-state index >= 15 is 0 Å². The SMILES string of the molecule is Cc1[nH]c(=O)[nH]c(=O)c1S(=O)(=O)N1CCN(c2ccc([N+](=O)[O-])cc2)CC1. The van der Waals surface area contributed by atoms with Gasteiger partial charge in [-0.25, -0.2) is 13.2 Å². The maximum absolute atomic E-state index is 12.8. The van der Waals surface area contributed by atoms with E-state index in [0.717, 1.165) is 5.69 Å². The predicted octanol–water partition coefficient (Wildman–Crippen LogP) is -0.209. The number of piperazine rings is 1. The van der Waals surface area contributed by atoms with Gasteiger partial charge in [-0.1, -0.05) is 0 Å². The van der Waals surface area contributed by atoms with Gasteiger partial charge in [-0.3, -0.25) is 19.9 Å². The highest BCUT2D eigenvalue weighted by Gasteiger charge is 2.32. The van der Waals surface area contributed by atoms with Crippen LogP contribution in [0.3, 0.4) is 0 Å². The van der Waals surface area contributed by atoms with Gasteiger partial charge in [-0.15, -0.1) is 0 Å². The molecular formula is C15H17N5O6S. The molecule has 144 valence electrons. The number of rotatable bonds is 4. The number of nitro benzene ring substituents is 1. The fraction of sp³-hybridized carbons (Fsp3) is 0.333. The average Bonchev–Trinajstić information content (AvgIpc) is 2.61. The molecule has 1 aromatic heterocycles. The minimum absolute atomic E-state index is 0.0125. The summed E-state index contributed by atoms with van der Waals surface area (Å²) in [6, 6.07) is 6.00. The fourth-order valence-electron chi connectivity index (χ4n) is 3.00. The van der Waals surface area contributed by atoms with E-state index < -0.39 is 31.1 Å². The van der Waals surface area contributed by atoms with Crippen molar-refractivity contribution in [3.05, 3.63) is 60.9 Å². The molecule has 1 fully saturated rings. The normalized spacial score (nSPS) is 15.7. The lowest BCUT2D eigenvalue weighted by molar-refractivity contribution is -0.384. The van der Waals surface area contributed by atoms with Crippen LogP contribution in [0.2, 0.25) is 0 Å². The van der Waals surface area contributed by atoms with Crippen LogP contribution in [-0.4, -0.2) is 53.8 Å². The zero-order valence-corrected chi connectivity index (χ0v) is 15.2. The van der Waals surface area contributed by atoms with Crippen LogP contribution in [0.1, 0.15) is 5.69 Å². The van der Waals surface area contributed by atoms with Crippen molar-refractivity contribution in [2.45, 2.75) is 11.8 Å². The molecule has 3 rings (SSSR count).